The van der Waals surface area contributed by atoms with Crippen LogP contribution in [-0.2, 0) is 9.84 Å². The summed E-state index contributed by atoms with van der Waals surface area (Å²) in [7, 11) is -0.350. The van der Waals surface area contributed by atoms with Crippen LogP contribution in [-0.4, -0.2) is 87.8 Å². The van der Waals surface area contributed by atoms with Gasteiger partial charge in [-0.05, 0) is 79.1 Å². The minimum atomic E-state index is -3.58. The van der Waals surface area contributed by atoms with E-state index in [0.29, 0.717) is 45.3 Å². The lowest BCUT2D eigenvalue weighted by Gasteiger charge is -2.10. The standard InChI is InChI=1S/C20H16N4O5S.C20H16N4O3S/c1-27-13-4-5-15-14(10-13)22-19(12-3-6-16-17(9-12)29-11-28-16)24(15)18-7-8-21-20(23-18)30(2,25)26;1-25-13-4-5-15-14(10-13)22-19(12-3-6-16-17(9-12)27-11-26-16)24(15)18-7-8-21-20(23-18)28-2/h3-10H,11H2,1-2H3;3-10H,11H2,1-2H3. The van der Waals surface area contributed by atoms with Gasteiger partial charge in [0.15, 0.2) is 28.2 Å². The summed E-state index contributed by atoms with van der Waals surface area (Å²) in [6.07, 6.45) is 6.20. The third-order valence-electron chi connectivity index (χ3n) is 9.19. The van der Waals surface area contributed by atoms with Crippen molar-refractivity contribution in [3.63, 3.8) is 0 Å². The van der Waals surface area contributed by atoms with Gasteiger partial charge in [-0.15, -0.1) is 0 Å². The predicted octanol–water partition coefficient (Wildman–Crippen LogP) is 6.57. The van der Waals surface area contributed by atoms with Gasteiger partial charge in [-0.2, -0.15) is 0 Å². The number of imidazole rings is 2. The first-order valence-electron chi connectivity index (χ1n) is 17.5. The molecule has 0 atom stereocenters. The Morgan fingerprint density at radius 3 is 1.60 bits per heavy atom. The molecule has 0 spiro atoms. The Balaban J connectivity index is 0.000000151. The van der Waals surface area contributed by atoms with Crippen LogP contribution in [0.5, 0.6) is 34.5 Å². The van der Waals surface area contributed by atoms with Crippen molar-refractivity contribution in [2.45, 2.75) is 10.3 Å². The van der Waals surface area contributed by atoms with Crippen LogP contribution in [0.1, 0.15) is 0 Å². The molecule has 0 amide bonds. The van der Waals surface area contributed by atoms with E-state index in [1.54, 1.807) is 37.1 Å². The van der Waals surface area contributed by atoms with E-state index in [1.807, 2.05) is 83.6 Å². The fourth-order valence-electron chi connectivity index (χ4n) is 6.49. The number of aromatic nitrogens is 8. The Kier molecular flexibility index (Phi) is 9.41. The van der Waals surface area contributed by atoms with E-state index in [1.165, 1.54) is 18.0 Å². The van der Waals surface area contributed by atoms with E-state index >= 15 is 0 Å². The molecule has 0 unspecified atom stereocenters. The van der Waals surface area contributed by atoms with Gasteiger partial charge in [0, 0.05) is 41.9 Å². The van der Waals surface area contributed by atoms with Crippen molar-refractivity contribution < 1.29 is 36.8 Å². The molecule has 0 bridgehead atoms. The van der Waals surface area contributed by atoms with Crippen molar-refractivity contribution in [3.05, 3.63) is 97.3 Å². The lowest BCUT2D eigenvalue weighted by molar-refractivity contribution is 0.173. The molecule has 16 nitrogen and oxygen atoms in total. The maximum Gasteiger partial charge on any atom is 0.248 e. The van der Waals surface area contributed by atoms with Crippen LogP contribution in [0, 0.1) is 0 Å². The minimum Gasteiger partial charge on any atom is -0.497 e. The fourth-order valence-corrected chi connectivity index (χ4v) is 7.35. The van der Waals surface area contributed by atoms with Gasteiger partial charge in [0.25, 0.3) is 0 Å². The third-order valence-corrected chi connectivity index (χ3v) is 10.6. The molecule has 18 heteroatoms. The van der Waals surface area contributed by atoms with Gasteiger partial charge >= 0.3 is 0 Å². The van der Waals surface area contributed by atoms with Crippen LogP contribution in [0.15, 0.2) is 108 Å². The van der Waals surface area contributed by atoms with Gasteiger partial charge in [-0.3, -0.25) is 9.13 Å². The van der Waals surface area contributed by atoms with E-state index in [4.69, 9.17) is 38.4 Å². The molecule has 6 heterocycles. The Morgan fingerprint density at radius 2 is 1.10 bits per heavy atom. The summed E-state index contributed by atoms with van der Waals surface area (Å²) in [5.41, 5.74) is 4.82. The summed E-state index contributed by atoms with van der Waals surface area (Å²) in [4.78, 5) is 26.8. The number of ether oxygens (including phenoxy) is 6. The van der Waals surface area contributed by atoms with Crippen LogP contribution in [0.4, 0.5) is 0 Å². The zero-order valence-corrected chi connectivity index (χ0v) is 32.9. The van der Waals surface area contributed by atoms with Crippen LogP contribution >= 0.6 is 11.8 Å². The number of thioether (sulfide) groups is 1. The Labute approximate surface area is 335 Å². The zero-order chi connectivity index (χ0) is 40.0. The number of hydrogen-bond acceptors (Lipinski definition) is 15. The summed E-state index contributed by atoms with van der Waals surface area (Å²) >= 11 is 1.50. The molecule has 58 heavy (non-hydrogen) atoms. The Morgan fingerprint density at radius 1 is 0.603 bits per heavy atom. The van der Waals surface area contributed by atoms with Crippen molar-refractivity contribution >= 4 is 43.7 Å². The van der Waals surface area contributed by atoms with Crippen molar-refractivity contribution in [2.24, 2.45) is 0 Å². The molecule has 0 aliphatic carbocycles. The second-order valence-corrected chi connectivity index (χ2v) is 15.4. The highest BCUT2D eigenvalue weighted by molar-refractivity contribution is 7.98. The fraction of sp³-hybridized carbons (Fsp3) is 0.150. The van der Waals surface area contributed by atoms with Gasteiger partial charge in [0.1, 0.15) is 34.8 Å². The first-order valence-corrected chi connectivity index (χ1v) is 20.7. The molecule has 0 radical (unpaired) electrons. The van der Waals surface area contributed by atoms with Gasteiger partial charge < -0.3 is 28.4 Å². The molecule has 292 valence electrons. The van der Waals surface area contributed by atoms with E-state index in [0.717, 1.165) is 57.1 Å². The average molecular weight is 817 g/mol. The lowest BCUT2D eigenvalue weighted by atomic mass is 10.2. The number of fused-ring (bicyclic) bond motifs is 4. The number of methoxy groups -OCH3 is 2. The highest BCUT2D eigenvalue weighted by atomic mass is 32.2. The molecule has 0 saturated heterocycles. The van der Waals surface area contributed by atoms with Crippen molar-refractivity contribution in [1.29, 1.82) is 0 Å². The largest absolute Gasteiger partial charge is 0.497 e. The van der Waals surface area contributed by atoms with Crippen LogP contribution in [0.2, 0.25) is 0 Å². The molecule has 0 fully saturated rings. The minimum absolute atomic E-state index is 0.163. The molecule has 10 rings (SSSR count). The van der Waals surface area contributed by atoms with Crippen LogP contribution < -0.4 is 28.4 Å². The molecule has 2 aliphatic rings. The highest BCUT2D eigenvalue weighted by Crippen LogP contribution is 2.39. The number of hydrogen-bond donors (Lipinski definition) is 0. The average Bonchev–Trinajstić information content (AvgIpc) is 4.07. The monoisotopic (exact) mass is 816 g/mol. The zero-order valence-electron chi connectivity index (χ0n) is 31.3. The smallest absolute Gasteiger partial charge is 0.248 e. The van der Waals surface area contributed by atoms with Gasteiger partial charge in [-0.25, -0.2) is 38.3 Å². The highest BCUT2D eigenvalue weighted by Gasteiger charge is 2.23. The Hall–Kier alpha value is -6.92. The summed E-state index contributed by atoms with van der Waals surface area (Å²) in [6.45, 7) is 0.394. The molecule has 2 aliphatic heterocycles. The van der Waals surface area contributed by atoms with E-state index in [2.05, 4.69) is 19.9 Å². The number of sulfone groups is 1. The van der Waals surface area contributed by atoms with E-state index in [9.17, 15) is 8.42 Å². The second-order valence-electron chi connectivity index (χ2n) is 12.8. The molecular weight excluding hydrogens is 785 g/mol. The third kappa shape index (κ3) is 6.81. The molecular formula is C40H32N8O8S2. The Bertz CT molecular complexity index is 2990. The summed E-state index contributed by atoms with van der Waals surface area (Å²) < 4.78 is 60.3. The number of nitrogens with zero attached hydrogens (tertiary/aromatic N) is 8. The van der Waals surface area contributed by atoms with Crippen molar-refractivity contribution in [1.82, 2.24) is 39.0 Å². The van der Waals surface area contributed by atoms with Crippen LogP contribution in [0.25, 0.3) is 56.5 Å². The molecule has 8 aromatic rings. The quantitative estimate of drug-likeness (QED) is 0.119. The summed E-state index contributed by atoms with van der Waals surface area (Å²) in [5, 5.41) is 0.441. The maximum atomic E-state index is 12.0. The molecule has 0 N–H and O–H groups in total. The lowest BCUT2D eigenvalue weighted by Crippen LogP contribution is -2.08. The summed E-state index contributed by atoms with van der Waals surface area (Å²) in [5.74, 6) is 6.58. The number of rotatable bonds is 8. The maximum absolute atomic E-state index is 12.0. The van der Waals surface area contributed by atoms with E-state index in [-0.39, 0.29) is 18.7 Å². The topological polar surface area (TPSA) is 177 Å². The normalized spacial score (nSPS) is 12.8. The van der Waals surface area contributed by atoms with Crippen molar-refractivity contribution in [2.75, 3.05) is 40.3 Å². The molecule has 4 aromatic carbocycles. The SMILES string of the molecule is COc1ccc2c(c1)nc(-c1ccc3c(c1)OCO3)n2-c1ccnc(S(C)(=O)=O)n1.COc1ccc2c(c1)nc(-c1ccc3c(c1)OCO3)n2-c1ccnc(SC)n1. The second kappa shape index (κ2) is 14.9. The number of benzene rings is 4. The van der Waals surface area contributed by atoms with Gasteiger partial charge in [0.2, 0.25) is 28.6 Å². The van der Waals surface area contributed by atoms with Gasteiger partial charge in [0.05, 0.1) is 36.3 Å². The van der Waals surface area contributed by atoms with Crippen LogP contribution in [0.3, 0.4) is 0 Å². The molecule has 0 saturated carbocycles. The predicted molar refractivity (Wildman–Crippen MR) is 214 cm³/mol. The van der Waals surface area contributed by atoms with Gasteiger partial charge in [-0.1, -0.05) is 11.8 Å². The van der Waals surface area contributed by atoms with Crippen molar-refractivity contribution in [3.8, 4) is 68.9 Å². The molecule has 4 aromatic heterocycles. The first-order chi connectivity index (χ1) is 28.2. The van der Waals surface area contributed by atoms with E-state index < -0.39 is 9.84 Å². The first kappa shape index (κ1) is 36.7. The summed E-state index contributed by atoms with van der Waals surface area (Å²) in [6, 6.07) is 26.1.